The lowest BCUT2D eigenvalue weighted by atomic mass is 9.97. The molecule has 0 spiro atoms. The van der Waals surface area contributed by atoms with Crippen molar-refractivity contribution in [1.82, 2.24) is 0 Å². The summed E-state index contributed by atoms with van der Waals surface area (Å²) in [6, 6.07) is 4.89. The van der Waals surface area contributed by atoms with E-state index in [1.54, 1.807) is 19.1 Å². The fourth-order valence-electron chi connectivity index (χ4n) is 4.14. The standard InChI is InChI=1S/C27H34O7/c1-7-17-24(31-10-4)18(8-2)26-21(25(17)32-11-5)22(29)27(33-12-6)23(34-26)16-13-14-20(30-9-3)19(28)15-16/h13-15,28H,7-12H2,1-6H3. The molecule has 2 aromatic carbocycles. The Bertz CT molecular complexity index is 1210. The number of phenols is 1. The molecule has 7 heteroatoms. The van der Waals surface area contributed by atoms with Gasteiger partial charge in [0.2, 0.25) is 11.2 Å². The van der Waals surface area contributed by atoms with Crippen LogP contribution >= 0.6 is 0 Å². The van der Waals surface area contributed by atoms with Gasteiger partial charge >= 0.3 is 0 Å². The van der Waals surface area contributed by atoms with Gasteiger partial charge in [-0.1, -0.05) is 13.8 Å². The Labute approximate surface area is 200 Å². The highest BCUT2D eigenvalue weighted by Gasteiger charge is 2.28. The van der Waals surface area contributed by atoms with Gasteiger partial charge in [-0.2, -0.15) is 0 Å². The first-order valence-electron chi connectivity index (χ1n) is 12.0. The molecule has 184 valence electrons. The predicted octanol–water partition coefficient (Wildman–Crippen LogP) is 5.89. The summed E-state index contributed by atoms with van der Waals surface area (Å²) in [7, 11) is 0. The lowest BCUT2D eigenvalue weighted by Crippen LogP contribution is -2.14. The molecule has 0 aliphatic heterocycles. The zero-order valence-electron chi connectivity index (χ0n) is 20.9. The molecule has 34 heavy (non-hydrogen) atoms. The molecule has 3 rings (SSSR count). The van der Waals surface area contributed by atoms with Crippen molar-refractivity contribution in [1.29, 1.82) is 0 Å². The quantitative estimate of drug-likeness (QED) is 0.374. The Morgan fingerprint density at radius 2 is 1.35 bits per heavy atom. The van der Waals surface area contributed by atoms with Gasteiger partial charge in [0.1, 0.15) is 22.5 Å². The summed E-state index contributed by atoms with van der Waals surface area (Å²) in [5.41, 5.74) is 2.23. The van der Waals surface area contributed by atoms with Gasteiger partial charge in [-0.15, -0.1) is 0 Å². The average molecular weight is 471 g/mol. The molecule has 0 unspecified atom stereocenters. The van der Waals surface area contributed by atoms with E-state index in [0.29, 0.717) is 66.4 Å². The van der Waals surface area contributed by atoms with Crippen LogP contribution in [0.25, 0.3) is 22.3 Å². The predicted molar refractivity (Wildman–Crippen MR) is 133 cm³/mol. The van der Waals surface area contributed by atoms with Crippen LogP contribution in [0.2, 0.25) is 0 Å². The second-order valence-corrected chi connectivity index (χ2v) is 7.53. The van der Waals surface area contributed by atoms with Crippen LogP contribution < -0.4 is 24.4 Å². The molecule has 0 fully saturated rings. The third-order valence-electron chi connectivity index (χ3n) is 5.49. The molecule has 1 heterocycles. The summed E-state index contributed by atoms with van der Waals surface area (Å²) >= 11 is 0. The normalized spacial score (nSPS) is 11.0. The third kappa shape index (κ3) is 4.52. The number of benzene rings is 2. The highest BCUT2D eigenvalue weighted by Crippen LogP contribution is 2.44. The number of aromatic hydroxyl groups is 1. The van der Waals surface area contributed by atoms with Crippen LogP contribution in [0.5, 0.6) is 28.7 Å². The molecule has 1 N–H and O–H groups in total. The number of phenolic OH excluding ortho intramolecular Hbond substituents is 1. The van der Waals surface area contributed by atoms with E-state index in [2.05, 4.69) is 0 Å². The Morgan fingerprint density at radius 3 is 1.91 bits per heavy atom. The second kappa shape index (κ2) is 11.2. The monoisotopic (exact) mass is 470 g/mol. The van der Waals surface area contributed by atoms with E-state index in [1.165, 1.54) is 6.07 Å². The first kappa shape index (κ1) is 25.3. The summed E-state index contributed by atoms with van der Waals surface area (Å²) in [6.07, 6.45) is 1.22. The smallest absolute Gasteiger partial charge is 0.239 e. The molecule has 0 atom stereocenters. The van der Waals surface area contributed by atoms with E-state index in [-0.39, 0.29) is 29.3 Å². The van der Waals surface area contributed by atoms with Crippen molar-refractivity contribution in [2.45, 2.75) is 54.4 Å². The van der Waals surface area contributed by atoms with Gasteiger partial charge in [0.05, 0.1) is 26.4 Å². The molecule has 0 saturated heterocycles. The Morgan fingerprint density at radius 1 is 0.765 bits per heavy atom. The molecule has 0 saturated carbocycles. The molecule has 0 aliphatic carbocycles. The fraction of sp³-hybridized carbons (Fsp3) is 0.444. The van der Waals surface area contributed by atoms with Crippen molar-refractivity contribution in [3.63, 3.8) is 0 Å². The topological polar surface area (TPSA) is 87.4 Å². The maximum Gasteiger partial charge on any atom is 0.239 e. The van der Waals surface area contributed by atoms with E-state index < -0.39 is 0 Å². The third-order valence-corrected chi connectivity index (χ3v) is 5.49. The van der Waals surface area contributed by atoms with Crippen molar-refractivity contribution in [2.75, 3.05) is 26.4 Å². The van der Waals surface area contributed by atoms with Gasteiger partial charge in [-0.3, -0.25) is 4.79 Å². The van der Waals surface area contributed by atoms with Crippen LogP contribution in [-0.2, 0) is 12.8 Å². The zero-order valence-corrected chi connectivity index (χ0v) is 20.9. The molecule has 0 aliphatic rings. The van der Waals surface area contributed by atoms with E-state index >= 15 is 0 Å². The lowest BCUT2D eigenvalue weighted by molar-refractivity contribution is 0.313. The molecule has 7 nitrogen and oxygen atoms in total. The summed E-state index contributed by atoms with van der Waals surface area (Å²) in [5.74, 6) is 1.78. The minimum Gasteiger partial charge on any atom is -0.504 e. The van der Waals surface area contributed by atoms with Crippen LogP contribution in [0.4, 0.5) is 0 Å². The highest BCUT2D eigenvalue weighted by molar-refractivity contribution is 5.93. The van der Waals surface area contributed by atoms with Crippen molar-refractivity contribution in [2.24, 2.45) is 0 Å². The van der Waals surface area contributed by atoms with Gasteiger partial charge in [0.15, 0.2) is 17.3 Å². The molecule has 0 amide bonds. The number of rotatable bonds is 11. The van der Waals surface area contributed by atoms with Crippen LogP contribution in [-0.4, -0.2) is 31.5 Å². The van der Waals surface area contributed by atoms with Crippen LogP contribution in [0.1, 0.15) is 52.7 Å². The number of ether oxygens (including phenoxy) is 4. The first-order chi connectivity index (χ1) is 16.5. The van der Waals surface area contributed by atoms with Crippen molar-refractivity contribution < 1.29 is 28.5 Å². The van der Waals surface area contributed by atoms with E-state index in [4.69, 9.17) is 23.4 Å². The van der Waals surface area contributed by atoms with E-state index in [0.717, 1.165) is 11.1 Å². The van der Waals surface area contributed by atoms with Crippen molar-refractivity contribution in [3.05, 3.63) is 39.5 Å². The van der Waals surface area contributed by atoms with Crippen LogP contribution in [0.3, 0.4) is 0 Å². The van der Waals surface area contributed by atoms with Gasteiger partial charge < -0.3 is 28.5 Å². The molecule has 1 aromatic heterocycles. The van der Waals surface area contributed by atoms with Crippen molar-refractivity contribution in [3.8, 4) is 40.1 Å². The lowest BCUT2D eigenvalue weighted by Gasteiger charge is -2.21. The summed E-state index contributed by atoms with van der Waals surface area (Å²) < 4.78 is 29.7. The Balaban J connectivity index is 2.47. The van der Waals surface area contributed by atoms with Gasteiger partial charge in [0, 0.05) is 16.7 Å². The number of fused-ring (bicyclic) bond motifs is 1. The maximum atomic E-state index is 13.9. The SMILES string of the molecule is CCOc1ccc(-c2oc3c(CC)c(OCC)c(CC)c(OCC)c3c(=O)c2OCC)cc1O. The molecule has 0 radical (unpaired) electrons. The largest absolute Gasteiger partial charge is 0.504 e. The highest BCUT2D eigenvalue weighted by atomic mass is 16.5. The van der Waals surface area contributed by atoms with Gasteiger partial charge in [-0.25, -0.2) is 0 Å². The summed E-state index contributed by atoms with van der Waals surface area (Å²) in [5, 5.41) is 10.8. The maximum absolute atomic E-state index is 13.9. The van der Waals surface area contributed by atoms with Gasteiger partial charge in [0.25, 0.3) is 0 Å². The Kier molecular flexibility index (Phi) is 8.31. The zero-order chi connectivity index (χ0) is 24.8. The Hall–Kier alpha value is -3.35. The second-order valence-electron chi connectivity index (χ2n) is 7.53. The molecular weight excluding hydrogens is 436 g/mol. The summed E-state index contributed by atoms with van der Waals surface area (Å²) in [6.45, 7) is 13.0. The van der Waals surface area contributed by atoms with Crippen molar-refractivity contribution >= 4 is 11.0 Å². The number of hydrogen-bond donors (Lipinski definition) is 1. The first-order valence-corrected chi connectivity index (χ1v) is 12.0. The molecule has 3 aromatic rings. The average Bonchev–Trinajstić information content (AvgIpc) is 2.82. The molecule has 0 bridgehead atoms. The number of aryl methyl sites for hydroxylation is 1. The fourth-order valence-corrected chi connectivity index (χ4v) is 4.14. The molecular formula is C27H34O7. The minimum absolute atomic E-state index is 0.0494. The number of hydrogen-bond acceptors (Lipinski definition) is 7. The summed E-state index contributed by atoms with van der Waals surface area (Å²) in [4.78, 5) is 13.9. The minimum atomic E-state index is -0.317. The van der Waals surface area contributed by atoms with Crippen LogP contribution in [0.15, 0.2) is 27.4 Å². The van der Waals surface area contributed by atoms with E-state index in [9.17, 15) is 9.90 Å². The van der Waals surface area contributed by atoms with Gasteiger partial charge in [-0.05, 0) is 58.7 Å². The van der Waals surface area contributed by atoms with Crippen LogP contribution in [0, 0.1) is 0 Å². The van der Waals surface area contributed by atoms with E-state index in [1.807, 2.05) is 34.6 Å².